The number of hydrogen-bond donors (Lipinski definition) is 1. The highest BCUT2D eigenvalue weighted by Gasteiger charge is 2.54. The van der Waals surface area contributed by atoms with Crippen molar-refractivity contribution in [2.45, 2.75) is 43.5 Å². The van der Waals surface area contributed by atoms with Gasteiger partial charge in [0.25, 0.3) is 5.91 Å². The molecular weight excluding hydrogens is 393 g/mol. The van der Waals surface area contributed by atoms with Crippen molar-refractivity contribution < 1.29 is 14.3 Å². The standard InChI is InChI=1S/C25H26FN3O2/c1-2-22-25(31,18-10-13-28(22)14-11-18)19-8-9-23(29-15-12-20(26)24(29)30)27-21(19)16-17-6-4-3-5-7-17/h1,3-9,18,20,22,31H,10-16H2/t20-,22?,25-/m1/s1. The monoisotopic (exact) mass is 419 g/mol. The maximum Gasteiger partial charge on any atom is 0.262 e. The van der Waals surface area contributed by atoms with Crippen molar-refractivity contribution in [2.24, 2.45) is 5.92 Å². The van der Waals surface area contributed by atoms with E-state index in [0.29, 0.717) is 24.5 Å². The number of pyridine rings is 1. The number of terminal acetylenes is 1. The summed E-state index contributed by atoms with van der Waals surface area (Å²) in [5.74, 6) is 2.78. The molecule has 5 nitrogen and oxygen atoms in total. The van der Waals surface area contributed by atoms with Crippen LogP contribution in [0.1, 0.15) is 36.1 Å². The van der Waals surface area contributed by atoms with E-state index in [0.717, 1.165) is 37.1 Å². The summed E-state index contributed by atoms with van der Waals surface area (Å²) in [5.41, 5.74) is 1.27. The van der Waals surface area contributed by atoms with E-state index in [1.54, 1.807) is 6.07 Å². The van der Waals surface area contributed by atoms with E-state index >= 15 is 0 Å². The molecule has 1 amide bonds. The zero-order valence-corrected chi connectivity index (χ0v) is 17.4. The molecule has 5 heterocycles. The lowest BCUT2D eigenvalue weighted by Crippen LogP contribution is -2.63. The minimum Gasteiger partial charge on any atom is -0.382 e. The summed E-state index contributed by atoms with van der Waals surface area (Å²) in [7, 11) is 0. The Morgan fingerprint density at radius 2 is 1.87 bits per heavy atom. The average Bonchev–Trinajstić information content (AvgIpc) is 3.13. The van der Waals surface area contributed by atoms with Crippen LogP contribution in [0.4, 0.5) is 10.2 Å². The fourth-order valence-electron chi connectivity index (χ4n) is 5.50. The van der Waals surface area contributed by atoms with Crippen molar-refractivity contribution in [2.75, 3.05) is 24.5 Å². The number of rotatable bonds is 4. The minimum atomic E-state index is -1.48. The van der Waals surface area contributed by atoms with Crippen LogP contribution in [-0.4, -0.2) is 52.7 Å². The van der Waals surface area contributed by atoms with Crippen LogP contribution in [0.2, 0.25) is 0 Å². The Balaban J connectivity index is 1.61. The van der Waals surface area contributed by atoms with E-state index in [1.165, 1.54) is 4.90 Å². The Kier molecular flexibility index (Phi) is 5.04. The Morgan fingerprint density at radius 3 is 2.52 bits per heavy atom. The molecule has 2 aromatic rings. The van der Waals surface area contributed by atoms with Gasteiger partial charge in [-0.2, -0.15) is 0 Å². The van der Waals surface area contributed by atoms with Crippen LogP contribution in [0.3, 0.4) is 0 Å². The third-order valence-corrected chi connectivity index (χ3v) is 7.11. The second kappa shape index (κ2) is 7.74. The normalized spacial score (nSPS) is 32.3. The molecule has 1 aromatic carbocycles. The number of amides is 1. The number of carbonyl (C=O) groups excluding carboxylic acids is 1. The number of aromatic nitrogens is 1. The van der Waals surface area contributed by atoms with Crippen LogP contribution >= 0.6 is 0 Å². The minimum absolute atomic E-state index is 0.0596. The first kappa shape index (κ1) is 20.2. The second-order valence-electron chi connectivity index (χ2n) is 8.78. The first-order valence-corrected chi connectivity index (χ1v) is 10.9. The number of hydrogen-bond acceptors (Lipinski definition) is 4. The highest BCUT2D eigenvalue weighted by molar-refractivity contribution is 5.97. The van der Waals surface area contributed by atoms with Crippen LogP contribution in [-0.2, 0) is 16.8 Å². The molecule has 4 fully saturated rings. The van der Waals surface area contributed by atoms with Gasteiger partial charge in [0.2, 0.25) is 0 Å². The summed E-state index contributed by atoms with van der Waals surface area (Å²) < 4.78 is 13.8. The Labute approximate surface area is 181 Å². The lowest BCUT2D eigenvalue weighted by Gasteiger charge is -2.54. The molecule has 4 aliphatic heterocycles. The van der Waals surface area contributed by atoms with Crippen LogP contribution in [0, 0.1) is 18.3 Å². The van der Waals surface area contributed by atoms with E-state index in [-0.39, 0.29) is 12.3 Å². The maximum atomic E-state index is 13.8. The van der Waals surface area contributed by atoms with Gasteiger partial charge in [-0.25, -0.2) is 9.37 Å². The topological polar surface area (TPSA) is 56.7 Å². The quantitative estimate of drug-likeness (QED) is 0.775. The molecule has 2 bridgehead atoms. The fourth-order valence-corrected chi connectivity index (χ4v) is 5.50. The fraction of sp³-hybridized carbons (Fsp3) is 0.440. The van der Waals surface area contributed by atoms with E-state index < -0.39 is 23.7 Å². The maximum absolute atomic E-state index is 13.8. The van der Waals surface area contributed by atoms with Gasteiger partial charge in [0.05, 0.1) is 5.69 Å². The first-order valence-electron chi connectivity index (χ1n) is 10.9. The number of fused-ring (bicyclic) bond motifs is 3. The molecule has 3 atom stereocenters. The molecule has 1 unspecified atom stereocenters. The molecule has 0 spiro atoms. The van der Waals surface area contributed by atoms with Crippen molar-refractivity contribution in [1.82, 2.24) is 9.88 Å². The van der Waals surface area contributed by atoms with Gasteiger partial charge in [-0.3, -0.25) is 14.6 Å². The number of carbonyl (C=O) groups is 1. The predicted octanol–water partition coefficient (Wildman–Crippen LogP) is 2.66. The Morgan fingerprint density at radius 1 is 1.13 bits per heavy atom. The largest absolute Gasteiger partial charge is 0.382 e. The zero-order valence-electron chi connectivity index (χ0n) is 17.4. The highest BCUT2D eigenvalue weighted by atomic mass is 19.1. The summed E-state index contributed by atoms with van der Waals surface area (Å²) in [6.45, 7) is 2.09. The summed E-state index contributed by atoms with van der Waals surface area (Å²) in [5, 5.41) is 12.0. The SMILES string of the molecule is C#CC1N2CCC(CC2)[C@@]1(O)c1ccc(N2CC[C@@H](F)C2=O)nc1Cc1ccccc1. The van der Waals surface area contributed by atoms with Gasteiger partial charge in [-0.1, -0.05) is 42.3 Å². The number of nitrogens with zero attached hydrogens (tertiary/aromatic N) is 3. The van der Waals surface area contributed by atoms with Crippen LogP contribution in [0.25, 0.3) is 0 Å². The van der Waals surface area contributed by atoms with Gasteiger partial charge in [0.1, 0.15) is 17.5 Å². The number of piperidine rings is 3. The molecular formula is C25H26FN3O2. The lowest BCUT2D eigenvalue weighted by atomic mass is 9.66. The molecule has 0 radical (unpaired) electrons. The van der Waals surface area contributed by atoms with Gasteiger partial charge in [-0.05, 0) is 43.5 Å². The number of aliphatic hydroxyl groups is 1. The molecule has 6 rings (SSSR count). The van der Waals surface area contributed by atoms with E-state index in [4.69, 9.17) is 11.4 Å². The molecule has 0 aliphatic carbocycles. The van der Waals surface area contributed by atoms with Crippen molar-refractivity contribution in [3.05, 3.63) is 59.3 Å². The summed E-state index contributed by atoms with van der Waals surface area (Å²) >= 11 is 0. The van der Waals surface area contributed by atoms with E-state index in [9.17, 15) is 14.3 Å². The highest BCUT2D eigenvalue weighted by Crippen LogP contribution is 2.48. The van der Waals surface area contributed by atoms with Gasteiger partial charge in [0.15, 0.2) is 6.17 Å². The number of anilines is 1. The Bertz CT molecular complexity index is 1030. The molecule has 31 heavy (non-hydrogen) atoms. The summed E-state index contributed by atoms with van der Waals surface area (Å²) in [6, 6.07) is 13.1. The first-order chi connectivity index (χ1) is 15.0. The zero-order chi connectivity index (χ0) is 21.6. The number of benzene rings is 1. The average molecular weight is 420 g/mol. The molecule has 0 saturated carbocycles. The summed E-state index contributed by atoms with van der Waals surface area (Å²) in [6.07, 6.45) is 6.87. The predicted molar refractivity (Wildman–Crippen MR) is 116 cm³/mol. The molecule has 160 valence electrons. The molecule has 1 N–H and O–H groups in total. The van der Waals surface area contributed by atoms with E-state index in [1.807, 2.05) is 36.4 Å². The molecule has 4 aliphatic rings. The van der Waals surface area contributed by atoms with E-state index in [2.05, 4.69) is 10.8 Å². The summed E-state index contributed by atoms with van der Waals surface area (Å²) in [4.78, 5) is 20.6. The van der Waals surface area contributed by atoms with Crippen molar-refractivity contribution >= 4 is 11.7 Å². The van der Waals surface area contributed by atoms with Gasteiger partial charge < -0.3 is 5.11 Å². The van der Waals surface area contributed by atoms with Crippen molar-refractivity contribution in [1.29, 1.82) is 0 Å². The van der Waals surface area contributed by atoms with Crippen molar-refractivity contribution in [3.8, 4) is 12.3 Å². The molecule has 1 aromatic heterocycles. The van der Waals surface area contributed by atoms with Gasteiger partial charge >= 0.3 is 0 Å². The lowest BCUT2D eigenvalue weighted by molar-refractivity contribution is -0.143. The van der Waals surface area contributed by atoms with Crippen LogP contribution in [0.15, 0.2) is 42.5 Å². The van der Waals surface area contributed by atoms with Gasteiger partial charge in [-0.15, -0.1) is 6.42 Å². The number of halogens is 1. The van der Waals surface area contributed by atoms with Gasteiger partial charge in [0, 0.05) is 24.9 Å². The number of alkyl halides is 1. The second-order valence-corrected chi connectivity index (χ2v) is 8.78. The molecule has 4 saturated heterocycles. The van der Waals surface area contributed by atoms with Crippen LogP contribution in [0.5, 0.6) is 0 Å². The smallest absolute Gasteiger partial charge is 0.262 e. The third-order valence-electron chi connectivity index (χ3n) is 7.11. The van der Waals surface area contributed by atoms with Crippen molar-refractivity contribution in [3.63, 3.8) is 0 Å². The van der Waals surface area contributed by atoms with Crippen LogP contribution < -0.4 is 4.90 Å². The third kappa shape index (κ3) is 3.24. The molecule has 6 heteroatoms. The Hall–Kier alpha value is -2.75.